The van der Waals surface area contributed by atoms with E-state index >= 15 is 0 Å². The quantitative estimate of drug-likeness (QED) is 0.0713. The summed E-state index contributed by atoms with van der Waals surface area (Å²) in [6.07, 6.45) is 20.6. The summed E-state index contributed by atoms with van der Waals surface area (Å²) in [5.74, 6) is 5.90. The maximum Gasteiger partial charge on any atom is 0.123 e. The molecule has 3 fully saturated rings. The van der Waals surface area contributed by atoms with Gasteiger partial charge in [-0.05, 0) is 188 Å². The first-order valence-corrected chi connectivity index (χ1v) is 26.3. The Labute approximate surface area is 388 Å². The number of rotatable bonds is 19. The van der Waals surface area contributed by atoms with Gasteiger partial charge >= 0.3 is 0 Å². The predicted octanol–water partition coefficient (Wildman–Crippen LogP) is 15.6. The maximum absolute atomic E-state index is 11.7. The van der Waals surface area contributed by atoms with E-state index in [1.54, 1.807) is 0 Å². The number of hydrogen-bond acceptors (Lipinski definition) is 6. The van der Waals surface area contributed by atoms with Gasteiger partial charge in [-0.25, -0.2) is 0 Å². The molecule has 0 radical (unpaired) electrons. The molecule has 0 heterocycles. The Balaban J connectivity index is 1.17. The summed E-state index contributed by atoms with van der Waals surface area (Å²) < 4.78 is 0. The van der Waals surface area contributed by atoms with Crippen molar-refractivity contribution in [2.45, 2.75) is 202 Å². The largest absolute Gasteiger partial charge is 0.508 e. The molecule has 356 valence electrons. The molecule has 3 aliphatic rings. The molecule has 64 heavy (non-hydrogen) atoms. The van der Waals surface area contributed by atoms with Crippen molar-refractivity contribution in [3.8, 4) is 34.5 Å². The normalized spacial score (nSPS) is 27.4. The van der Waals surface area contributed by atoms with E-state index in [-0.39, 0.29) is 52.3 Å². The summed E-state index contributed by atoms with van der Waals surface area (Å²) in [6, 6.07) is 11.4. The van der Waals surface area contributed by atoms with E-state index in [1.807, 2.05) is 36.4 Å². The highest BCUT2D eigenvalue weighted by atomic mass is 16.3. The third-order valence-corrected chi connectivity index (χ3v) is 17.2. The Morgan fingerprint density at radius 2 is 0.812 bits per heavy atom. The molecule has 6 N–H and O–H groups in total. The maximum atomic E-state index is 11.7. The second-order valence-corrected chi connectivity index (χ2v) is 22.2. The summed E-state index contributed by atoms with van der Waals surface area (Å²) in [5, 5.41) is 68.7. The molecular weight excluding hydrogens is 793 g/mol. The van der Waals surface area contributed by atoms with Gasteiger partial charge < -0.3 is 30.6 Å². The predicted molar refractivity (Wildman–Crippen MR) is 264 cm³/mol. The van der Waals surface area contributed by atoms with Gasteiger partial charge in [-0.1, -0.05) is 120 Å². The molecule has 3 saturated carbocycles. The van der Waals surface area contributed by atoms with Crippen LogP contribution in [0.1, 0.15) is 216 Å². The first-order valence-electron chi connectivity index (χ1n) is 26.3. The average molecular weight is 881 g/mol. The SMILES string of the molecule is CCCCc1cc(O)c(C2C[C@H](CCC(C)C3CC[C@H](CCC(C)C4CC[C@@H](C)CC4c4c(O)cc(CCC)cc4O)CC3c3c(O)cc(CCC)cc3O)CCC2C(C)C)c(O)c1. The van der Waals surface area contributed by atoms with Gasteiger partial charge in [-0.3, -0.25) is 0 Å². The van der Waals surface area contributed by atoms with Crippen LogP contribution in [0.25, 0.3) is 0 Å². The molecule has 3 aromatic carbocycles. The minimum Gasteiger partial charge on any atom is -0.508 e. The van der Waals surface area contributed by atoms with Crippen molar-refractivity contribution in [3.05, 3.63) is 69.8 Å². The summed E-state index contributed by atoms with van der Waals surface area (Å²) in [7, 11) is 0. The van der Waals surface area contributed by atoms with Gasteiger partial charge in [0.1, 0.15) is 34.5 Å². The molecule has 6 heteroatoms. The molecule has 11 atom stereocenters. The molecule has 3 aromatic rings. The van der Waals surface area contributed by atoms with Crippen LogP contribution >= 0.6 is 0 Å². The zero-order valence-corrected chi connectivity index (χ0v) is 41.2. The van der Waals surface area contributed by atoms with Gasteiger partial charge in [0.25, 0.3) is 0 Å². The zero-order chi connectivity index (χ0) is 46.2. The lowest BCUT2D eigenvalue weighted by molar-refractivity contribution is 0.131. The summed E-state index contributed by atoms with van der Waals surface area (Å²) in [5.41, 5.74) is 5.26. The number of hydrogen-bond donors (Lipinski definition) is 6. The molecular formula is C58H88O6. The lowest BCUT2D eigenvalue weighted by Gasteiger charge is -2.43. The van der Waals surface area contributed by atoms with Crippen LogP contribution < -0.4 is 0 Å². The number of aromatic hydroxyl groups is 6. The second kappa shape index (κ2) is 22.8. The lowest BCUT2D eigenvalue weighted by atomic mass is 9.62. The van der Waals surface area contributed by atoms with Crippen LogP contribution in [0, 0.1) is 53.3 Å². The average Bonchev–Trinajstić information content (AvgIpc) is 3.23. The molecule has 6 rings (SSSR count). The minimum atomic E-state index is 0.0723. The Morgan fingerprint density at radius 3 is 1.20 bits per heavy atom. The van der Waals surface area contributed by atoms with E-state index in [9.17, 15) is 30.6 Å². The summed E-state index contributed by atoms with van der Waals surface area (Å²) in [6.45, 7) is 18.1. The molecule has 0 aliphatic heterocycles. The van der Waals surface area contributed by atoms with Crippen molar-refractivity contribution < 1.29 is 30.6 Å². The molecule has 6 nitrogen and oxygen atoms in total. The number of aryl methyl sites for hydroxylation is 3. The first-order chi connectivity index (χ1) is 30.6. The highest BCUT2D eigenvalue weighted by molar-refractivity contribution is 5.51. The van der Waals surface area contributed by atoms with Gasteiger partial charge in [-0.2, -0.15) is 0 Å². The van der Waals surface area contributed by atoms with Crippen LogP contribution in [0.3, 0.4) is 0 Å². The molecule has 0 saturated heterocycles. The monoisotopic (exact) mass is 881 g/mol. The standard InChI is InChI=1S/C58H88O6/c1-9-12-15-43-33-54(63)57(55(64)34-43)48-27-39(21-24-44(48)35(4)5)19-18-38(8)46-25-22-40(28-49(46)58-52(61)31-42(14-11-3)32-53(58)62)20-17-37(7)45-23-16-36(6)26-47(45)56-50(59)29-41(13-10-2)30-51(56)60/h29-40,44-49,59-64H,9-28H2,1-8H3/t36-,37?,38?,39-,40+,44?,45?,46?,47?,48?,49?/m1/s1. The Morgan fingerprint density at radius 1 is 0.453 bits per heavy atom. The van der Waals surface area contributed by atoms with Crippen molar-refractivity contribution in [2.24, 2.45) is 53.3 Å². The van der Waals surface area contributed by atoms with Gasteiger partial charge in [0.15, 0.2) is 0 Å². The van der Waals surface area contributed by atoms with E-state index in [4.69, 9.17) is 0 Å². The topological polar surface area (TPSA) is 121 Å². The lowest BCUT2D eigenvalue weighted by Crippen LogP contribution is -2.31. The van der Waals surface area contributed by atoms with Crippen LogP contribution in [-0.2, 0) is 19.3 Å². The fourth-order valence-corrected chi connectivity index (χ4v) is 13.6. The zero-order valence-electron chi connectivity index (χ0n) is 41.2. The van der Waals surface area contributed by atoms with Gasteiger partial charge in [0.2, 0.25) is 0 Å². The van der Waals surface area contributed by atoms with Crippen molar-refractivity contribution in [1.29, 1.82) is 0 Å². The van der Waals surface area contributed by atoms with Gasteiger partial charge in [0, 0.05) is 16.7 Å². The number of benzene rings is 3. The number of unbranched alkanes of at least 4 members (excludes halogenated alkanes) is 1. The smallest absolute Gasteiger partial charge is 0.123 e. The Hall–Kier alpha value is -3.54. The van der Waals surface area contributed by atoms with E-state index < -0.39 is 0 Å². The highest BCUT2D eigenvalue weighted by Crippen LogP contribution is 2.55. The van der Waals surface area contributed by atoms with E-state index in [0.29, 0.717) is 53.3 Å². The first kappa shape index (κ1) is 49.9. The Bertz CT molecular complexity index is 1880. The molecule has 0 amide bonds. The number of phenolic OH excluding ortho intramolecular Hbond substituents is 6. The van der Waals surface area contributed by atoms with Crippen molar-refractivity contribution >= 4 is 0 Å². The van der Waals surface area contributed by atoms with Crippen LogP contribution in [0.15, 0.2) is 36.4 Å². The van der Waals surface area contributed by atoms with Gasteiger partial charge in [0.05, 0.1) is 0 Å². The van der Waals surface area contributed by atoms with Gasteiger partial charge in [-0.15, -0.1) is 0 Å². The van der Waals surface area contributed by atoms with E-state index in [2.05, 4.69) is 55.4 Å². The third-order valence-electron chi connectivity index (χ3n) is 17.2. The second-order valence-electron chi connectivity index (χ2n) is 22.2. The molecule has 0 bridgehead atoms. The van der Waals surface area contributed by atoms with E-state index in [0.717, 1.165) is 149 Å². The highest BCUT2D eigenvalue weighted by Gasteiger charge is 2.41. The fraction of sp³-hybridized carbons (Fsp3) is 0.690. The third kappa shape index (κ3) is 11.9. The minimum absolute atomic E-state index is 0.0723. The molecule has 8 unspecified atom stereocenters. The van der Waals surface area contributed by atoms with Crippen LogP contribution in [0.5, 0.6) is 34.5 Å². The molecule has 3 aliphatic carbocycles. The Kier molecular flexibility index (Phi) is 17.8. The molecule has 0 aromatic heterocycles. The summed E-state index contributed by atoms with van der Waals surface area (Å²) >= 11 is 0. The van der Waals surface area contributed by atoms with Crippen molar-refractivity contribution in [2.75, 3.05) is 0 Å². The van der Waals surface area contributed by atoms with Crippen molar-refractivity contribution in [3.63, 3.8) is 0 Å². The van der Waals surface area contributed by atoms with Crippen LogP contribution in [-0.4, -0.2) is 30.6 Å². The number of phenols is 6. The van der Waals surface area contributed by atoms with Crippen LogP contribution in [0.2, 0.25) is 0 Å². The summed E-state index contributed by atoms with van der Waals surface area (Å²) in [4.78, 5) is 0. The van der Waals surface area contributed by atoms with Crippen molar-refractivity contribution in [1.82, 2.24) is 0 Å². The van der Waals surface area contributed by atoms with Crippen LogP contribution in [0.4, 0.5) is 0 Å². The molecule has 0 spiro atoms. The fourth-order valence-electron chi connectivity index (χ4n) is 13.6. The van der Waals surface area contributed by atoms with E-state index in [1.165, 1.54) is 12.8 Å².